The molecular weight excluding hydrogens is 200 g/mol. The third-order valence-corrected chi connectivity index (χ3v) is 1.63. The Morgan fingerprint density at radius 2 is 2.40 bits per heavy atom. The number of aromatic nitrogens is 2. The molecule has 0 amide bonds. The molecule has 0 aliphatic carbocycles. The predicted molar refractivity (Wildman–Crippen MR) is 37.5 cm³/mol. The highest BCUT2D eigenvalue weighted by atomic mass is 79.9. The fourth-order valence-corrected chi connectivity index (χ4v) is 1.25. The number of nitrogens with zero attached hydrogens (tertiary/aromatic N) is 2. The minimum absolute atomic E-state index is 0.0174. The van der Waals surface area contributed by atoms with Gasteiger partial charge in [0.2, 0.25) is 11.4 Å². The zero-order chi connectivity index (χ0) is 7.72. The van der Waals surface area contributed by atoms with Crippen LogP contribution in [0.2, 0.25) is 0 Å². The first-order valence-corrected chi connectivity index (χ1v) is 3.74. The molecule has 1 atom stereocenters. The van der Waals surface area contributed by atoms with E-state index in [1.807, 2.05) is 6.92 Å². The second kappa shape index (κ2) is 2.57. The molecule has 0 aliphatic heterocycles. The van der Waals surface area contributed by atoms with Gasteiger partial charge in [-0.3, -0.25) is 4.63 Å². The Balaban J connectivity index is 3.10. The normalized spacial score (nSPS) is 13.5. The SMILES string of the molecule is Cc1no[n+]([O-])c1C(C)Br. The zero-order valence-electron chi connectivity index (χ0n) is 5.67. The minimum atomic E-state index is -0.0174. The van der Waals surface area contributed by atoms with Crippen molar-refractivity contribution < 1.29 is 9.53 Å². The number of aryl methyl sites for hydroxylation is 1. The number of halogens is 1. The smallest absolute Gasteiger partial charge is 0.219 e. The Hall–Kier alpha value is -0.580. The number of hydrogen-bond acceptors (Lipinski definition) is 3. The van der Waals surface area contributed by atoms with E-state index in [0.717, 1.165) is 0 Å². The van der Waals surface area contributed by atoms with E-state index in [0.29, 0.717) is 16.3 Å². The van der Waals surface area contributed by atoms with E-state index in [2.05, 4.69) is 25.7 Å². The summed E-state index contributed by atoms with van der Waals surface area (Å²) in [6, 6.07) is 0. The van der Waals surface area contributed by atoms with Gasteiger partial charge in [-0.15, -0.1) is 0 Å². The molecule has 0 aliphatic rings. The monoisotopic (exact) mass is 206 g/mol. The Bertz CT molecular complexity index is 214. The Labute approximate surface area is 66.5 Å². The quantitative estimate of drug-likeness (QED) is 0.511. The summed E-state index contributed by atoms with van der Waals surface area (Å²) in [5.74, 6) is 0. The summed E-state index contributed by atoms with van der Waals surface area (Å²) in [6.07, 6.45) is 0. The summed E-state index contributed by atoms with van der Waals surface area (Å²) in [6.45, 7) is 3.57. The van der Waals surface area contributed by atoms with Crippen molar-refractivity contribution in [2.24, 2.45) is 0 Å². The summed E-state index contributed by atoms with van der Waals surface area (Å²) in [7, 11) is 0. The fourth-order valence-electron chi connectivity index (χ4n) is 0.754. The number of alkyl halides is 1. The van der Waals surface area contributed by atoms with Crippen molar-refractivity contribution in [1.29, 1.82) is 0 Å². The van der Waals surface area contributed by atoms with Crippen LogP contribution in [0.3, 0.4) is 0 Å². The van der Waals surface area contributed by atoms with Crippen LogP contribution in [0.1, 0.15) is 23.1 Å². The number of hydrogen-bond donors (Lipinski definition) is 0. The lowest BCUT2D eigenvalue weighted by molar-refractivity contribution is -0.807. The molecule has 56 valence electrons. The van der Waals surface area contributed by atoms with Crippen molar-refractivity contribution in [3.8, 4) is 0 Å². The summed E-state index contributed by atoms with van der Waals surface area (Å²) >= 11 is 3.24. The lowest BCUT2D eigenvalue weighted by Gasteiger charge is -1.95. The van der Waals surface area contributed by atoms with Crippen molar-refractivity contribution in [1.82, 2.24) is 5.16 Å². The molecule has 0 N–H and O–H groups in total. The zero-order valence-corrected chi connectivity index (χ0v) is 7.25. The molecule has 0 radical (unpaired) electrons. The average molecular weight is 207 g/mol. The maximum absolute atomic E-state index is 10.7. The largest absolute Gasteiger partial charge is 0.359 e. The van der Waals surface area contributed by atoms with Crippen molar-refractivity contribution in [3.63, 3.8) is 0 Å². The van der Waals surface area contributed by atoms with Gasteiger partial charge in [-0.25, -0.2) is 0 Å². The van der Waals surface area contributed by atoms with Crippen LogP contribution in [0.5, 0.6) is 0 Å². The average Bonchev–Trinajstić information content (AvgIpc) is 2.11. The van der Waals surface area contributed by atoms with Crippen LogP contribution in [-0.2, 0) is 0 Å². The molecular formula is C5H7BrN2O2. The summed E-state index contributed by atoms with van der Waals surface area (Å²) in [4.78, 5) is 0.394. The van der Waals surface area contributed by atoms with Gasteiger partial charge in [-0.1, -0.05) is 15.9 Å². The van der Waals surface area contributed by atoms with Crippen molar-refractivity contribution in [2.45, 2.75) is 18.7 Å². The molecule has 0 fully saturated rings. The second-order valence-electron chi connectivity index (χ2n) is 2.02. The summed E-state index contributed by atoms with van der Waals surface area (Å²) in [5.41, 5.74) is 1.15. The molecule has 1 heterocycles. The van der Waals surface area contributed by atoms with E-state index in [4.69, 9.17) is 0 Å². The highest BCUT2D eigenvalue weighted by Crippen LogP contribution is 2.19. The lowest BCUT2D eigenvalue weighted by atomic mass is 10.3. The molecule has 10 heavy (non-hydrogen) atoms. The molecule has 0 spiro atoms. The Morgan fingerprint density at radius 3 is 2.60 bits per heavy atom. The summed E-state index contributed by atoms with van der Waals surface area (Å²) < 4.78 is 4.34. The Kier molecular flexibility index (Phi) is 1.94. The molecule has 1 rings (SSSR count). The third kappa shape index (κ3) is 1.13. The van der Waals surface area contributed by atoms with E-state index >= 15 is 0 Å². The van der Waals surface area contributed by atoms with Gasteiger partial charge in [0.15, 0.2) is 0 Å². The molecule has 4 nitrogen and oxygen atoms in total. The molecule has 0 saturated carbocycles. The van der Waals surface area contributed by atoms with Gasteiger partial charge in [-0.2, -0.15) is 0 Å². The van der Waals surface area contributed by atoms with E-state index in [1.165, 1.54) is 0 Å². The molecule has 1 aromatic rings. The maximum atomic E-state index is 10.7. The highest BCUT2D eigenvalue weighted by Gasteiger charge is 2.18. The van der Waals surface area contributed by atoms with Gasteiger partial charge in [0.25, 0.3) is 0 Å². The molecule has 0 aromatic carbocycles. The standard InChI is InChI=1S/C5H7BrN2O2/c1-3(6)5-4(2)7-10-8(5)9/h3H,1-2H3. The van der Waals surface area contributed by atoms with Gasteiger partial charge in [0.05, 0.1) is 4.83 Å². The first-order chi connectivity index (χ1) is 4.63. The van der Waals surface area contributed by atoms with Crippen LogP contribution in [0.4, 0.5) is 0 Å². The van der Waals surface area contributed by atoms with Gasteiger partial charge < -0.3 is 5.21 Å². The molecule has 1 unspecified atom stereocenters. The van der Waals surface area contributed by atoms with Crippen molar-refractivity contribution >= 4 is 15.9 Å². The second-order valence-corrected chi connectivity index (χ2v) is 3.39. The van der Waals surface area contributed by atoms with Gasteiger partial charge in [-0.05, 0) is 11.8 Å². The van der Waals surface area contributed by atoms with Crippen LogP contribution in [0.15, 0.2) is 4.63 Å². The molecule has 5 heteroatoms. The first-order valence-electron chi connectivity index (χ1n) is 2.83. The van der Waals surface area contributed by atoms with E-state index < -0.39 is 0 Å². The number of rotatable bonds is 1. The van der Waals surface area contributed by atoms with Crippen molar-refractivity contribution in [2.75, 3.05) is 0 Å². The Morgan fingerprint density at radius 1 is 1.80 bits per heavy atom. The minimum Gasteiger partial charge on any atom is -0.359 e. The predicted octanol–water partition coefficient (Wildman–Crippen LogP) is 1.07. The highest BCUT2D eigenvalue weighted by molar-refractivity contribution is 9.09. The summed E-state index contributed by atoms with van der Waals surface area (Å²) in [5, 5.41) is 14.2. The van der Waals surface area contributed by atoms with E-state index in [9.17, 15) is 5.21 Å². The molecule has 0 bridgehead atoms. The van der Waals surface area contributed by atoms with Crippen molar-refractivity contribution in [3.05, 3.63) is 16.6 Å². The van der Waals surface area contributed by atoms with Gasteiger partial charge >= 0.3 is 0 Å². The fraction of sp³-hybridized carbons (Fsp3) is 0.600. The van der Waals surface area contributed by atoms with Crippen LogP contribution < -0.4 is 4.90 Å². The van der Waals surface area contributed by atoms with E-state index in [-0.39, 0.29) is 4.83 Å². The van der Waals surface area contributed by atoms with Crippen LogP contribution in [0.25, 0.3) is 0 Å². The topological polar surface area (TPSA) is 53.0 Å². The van der Waals surface area contributed by atoms with Gasteiger partial charge in [0, 0.05) is 12.1 Å². The van der Waals surface area contributed by atoms with Crippen LogP contribution in [-0.4, -0.2) is 5.16 Å². The molecule has 1 aromatic heterocycles. The lowest BCUT2D eigenvalue weighted by Crippen LogP contribution is -2.28. The maximum Gasteiger partial charge on any atom is 0.219 e. The van der Waals surface area contributed by atoms with Gasteiger partial charge in [0.1, 0.15) is 0 Å². The molecule has 0 saturated heterocycles. The van der Waals surface area contributed by atoms with E-state index in [1.54, 1.807) is 6.92 Å². The van der Waals surface area contributed by atoms with Crippen LogP contribution in [0, 0.1) is 12.1 Å². The third-order valence-electron chi connectivity index (χ3n) is 1.20. The first kappa shape index (κ1) is 7.53. The van der Waals surface area contributed by atoms with Crippen LogP contribution >= 0.6 is 15.9 Å².